The first-order chi connectivity index (χ1) is 16.4. The Hall–Kier alpha value is -3.66. The molecule has 0 spiro atoms. The zero-order chi connectivity index (χ0) is 24.2. The number of nitrogens with two attached hydrogens (primary N) is 1. The van der Waals surface area contributed by atoms with Crippen molar-refractivity contribution in [3.8, 4) is 0 Å². The highest BCUT2D eigenvalue weighted by Crippen LogP contribution is 2.29. The van der Waals surface area contributed by atoms with Crippen LogP contribution in [0.4, 0.5) is 11.5 Å². The number of hydrogen-bond donors (Lipinski definition) is 3. The number of carbonyl (C=O) groups excluding carboxylic acids is 3. The van der Waals surface area contributed by atoms with Crippen molar-refractivity contribution in [1.82, 2.24) is 19.7 Å². The van der Waals surface area contributed by atoms with Gasteiger partial charge in [-0.1, -0.05) is 36.7 Å². The summed E-state index contributed by atoms with van der Waals surface area (Å²) in [5, 5.41) is 11.2. The number of amides is 3. The van der Waals surface area contributed by atoms with E-state index in [1.165, 1.54) is 4.68 Å². The second-order valence-electron chi connectivity index (χ2n) is 8.15. The maximum absolute atomic E-state index is 13.3. The van der Waals surface area contributed by atoms with E-state index in [4.69, 9.17) is 17.3 Å². The van der Waals surface area contributed by atoms with Crippen LogP contribution >= 0.6 is 11.6 Å². The lowest BCUT2D eigenvalue weighted by Crippen LogP contribution is -2.41. The van der Waals surface area contributed by atoms with Crippen LogP contribution in [0.3, 0.4) is 0 Å². The molecule has 2 aromatic heterocycles. The third-order valence-electron chi connectivity index (χ3n) is 5.46. The molecule has 11 heteroatoms. The van der Waals surface area contributed by atoms with Gasteiger partial charge in [-0.25, -0.2) is 4.98 Å². The molecule has 0 radical (unpaired) electrons. The lowest BCUT2D eigenvalue weighted by molar-refractivity contribution is -0.135. The summed E-state index contributed by atoms with van der Waals surface area (Å²) in [6.45, 7) is 2.50. The molecule has 178 valence electrons. The summed E-state index contributed by atoms with van der Waals surface area (Å²) in [5.41, 5.74) is 7.03. The largest absolute Gasteiger partial charge is 0.383 e. The van der Waals surface area contributed by atoms with Crippen LogP contribution in [0.5, 0.6) is 0 Å². The molecule has 0 unspecified atom stereocenters. The van der Waals surface area contributed by atoms with Gasteiger partial charge < -0.3 is 21.3 Å². The number of aromatic nitrogens is 3. The molecular formula is C23H26ClN7O3. The first-order valence-corrected chi connectivity index (χ1v) is 11.5. The normalized spacial score (nSPS) is 13.0. The molecule has 2 heterocycles. The Kier molecular flexibility index (Phi) is 6.97. The van der Waals surface area contributed by atoms with Crippen LogP contribution in [0.25, 0.3) is 10.9 Å². The summed E-state index contributed by atoms with van der Waals surface area (Å²) in [7, 11) is 0. The summed E-state index contributed by atoms with van der Waals surface area (Å²) in [6, 6.07) is 10.3. The van der Waals surface area contributed by atoms with E-state index in [-0.39, 0.29) is 41.8 Å². The molecule has 1 saturated carbocycles. The van der Waals surface area contributed by atoms with Gasteiger partial charge in [0.1, 0.15) is 24.1 Å². The summed E-state index contributed by atoms with van der Waals surface area (Å²) < 4.78 is 1.49. The van der Waals surface area contributed by atoms with Crippen molar-refractivity contribution in [1.29, 1.82) is 0 Å². The van der Waals surface area contributed by atoms with Crippen molar-refractivity contribution < 1.29 is 14.4 Å². The number of para-hydroxylation sites is 1. The van der Waals surface area contributed by atoms with Crippen molar-refractivity contribution in [3.63, 3.8) is 0 Å². The lowest BCUT2D eigenvalue weighted by Gasteiger charge is -2.22. The molecule has 0 atom stereocenters. The molecule has 10 nitrogen and oxygen atoms in total. The molecule has 0 aliphatic heterocycles. The Labute approximate surface area is 201 Å². The predicted octanol–water partition coefficient (Wildman–Crippen LogP) is 2.64. The highest BCUT2D eigenvalue weighted by Gasteiger charge is 2.34. The maximum atomic E-state index is 13.3. The van der Waals surface area contributed by atoms with Crippen LogP contribution < -0.4 is 16.4 Å². The third kappa shape index (κ3) is 5.28. The second kappa shape index (κ2) is 10.1. The average molecular weight is 484 g/mol. The number of carbonyl (C=O) groups is 3. The standard InChI is InChI=1S/C23H26ClN7O3/c1-2-11-26-16-6-3-5-15-21(23(25)34)29-31(22(15)16)13-20(33)30(14-9-10-14)12-19(32)28-18-8-4-7-17(24)27-18/h3-8,14,26H,2,9-13H2,1H3,(H2,25,34)(H,27,28,32). The molecule has 34 heavy (non-hydrogen) atoms. The summed E-state index contributed by atoms with van der Waals surface area (Å²) in [6.07, 6.45) is 2.55. The fourth-order valence-corrected chi connectivity index (χ4v) is 3.94. The summed E-state index contributed by atoms with van der Waals surface area (Å²) in [4.78, 5) is 43.5. The van der Waals surface area contributed by atoms with Gasteiger partial charge in [0.2, 0.25) is 11.8 Å². The van der Waals surface area contributed by atoms with E-state index in [1.807, 2.05) is 19.1 Å². The highest BCUT2D eigenvalue weighted by molar-refractivity contribution is 6.29. The van der Waals surface area contributed by atoms with E-state index in [9.17, 15) is 14.4 Å². The predicted molar refractivity (Wildman–Crippen MR) is 130 cm³/mol. The number of hydrogen-bond acceptors (Lipinski definition) is 6. The number of anilines is 2. The van der Waals surface area contributed by atoms with E-state index in [2.05, 4.69) is 20.7 Å². The van der Waals surface area contributed by atoms with Gasteiger partial charge in [0.15, 0.2) is 5.69 Å². The van der Waals surface area contributed by atoms with Gasteiger partial charge in [0.05, 0.1) is 11.2 Å². The average Bonchev–Trinajstić information content (AvgIpc) is 3.57. The zero-order valence-electron chi connectivity index (χ0n) is 18.8. The fourth-order valence-electron chi connectivity index (χ4n) is 3.78. The minimum absolute atomic E-state index is 0.0132. The smallest absolute Gasteiger partial charge is 0.269 e. The Bertz CT molecular complexity index is 1240. The van der Waals surface area contributed by atoms with Crippen molar-refractivity contribution in [2.24, 2.45) is 5.73 Å². The van der Waals surface area contributed by atoms with E-state index in [0.29, 0.717) is 16.7 Å². The maximum Gasteiger partial charge on any atom is 0.269 e. The first kappa shape index (κ1) is 23.5. The number of nitrogens with one attached hydrogen (secondary N) is 2. The molecule has 1 aromatic carbocycles. The fraction of sp³-hybridized carbons (Fsp3) is 0.348. The molecule has 0 bridgehead atoms. The monoisotopic (exact) mass is 483 g/mol. The topological polar surface area (TPSA) is 135 Å². The number of halogens is 1. The SMILES string of the molecule is CCCNc1cccc2c(C(N)=O)nn(CC(=O)N(CC(=O)Nc3cccc(Cl)n3)C3CC3)c12. The highest BCUT2D eigenvalue weighted by atomic mass is 35.5. The Morgan fingerprint density at radius 3 is 2.65 bits per heavy atom. The molecule has 3 aromatic rings. The van der Waals surface area contributed by atoms with Crippen LogP contribution in [-0.2, 0) is 16.1 Å². The van der Waals surface area contributed by atoms with E-state index < -0.39 is 5.91 Å². The molecule has 1 fully saturated rings. The van der Waals surface area contributed by atoms with Crippen molar-refractivity contribution in [2.75, 3.05) is 23.7 Å². The van der Waals surface area contributed by atoms with Crippen LogP contribution in [0, 0.1) is 0 Å². The second-order valence-corrected chi connectivity index (χ2v) is 8.53. The van der Waals surface area contributed by atoms with E-state index in [1.54, 1.807) is 29.2 Å². The van der Waals surface area contributed by atoms with Gasteiger partial charge in [0, 0.05) is 18.0 Å². The number of rotatable bonds is 10. The molecule has 0 saturated heterocycles. The van der Waals surface area contributed by atoms with Crippen LogP contribution in [-0.4, -0.2) is 56.5 Å². The van der Waals surface area contributed by atoms with Gasteiger partial charge in [-0.2, -0.15) is 5.10 Å². The van der Waals surface area contributed by atoms with Gasteiger partial charge in [0.25, 0.3) is 5.91 Å². The molecular weight excluding hydrogens is 458 g/mol. The minimum atomic E-state index is -0.670. The molecule has 4 rings (SSSR count). The number of nitrogens with zero attached hydrogens (tertiary/aromatic N) is 4. The van der Waals surface area contributed by atoms with Gasteiger partial charge in [-0.05, 0) is 37.5 Å². The zero-order valence-corrected chi connectivity index (χ0v) is 19.5. The quantitative estimate of drug-likeness (QED) is 0.379. The lowest BCUT2D eigenvalue weighted by atomic mass is 10.1. The molecule has 4 N–H and O–H groups in total. The number of benzene rings is 1. The van der Waals surface area contributed by atoms with Crippen LogP contribution in [0.1, 0.15) is 36.7 Å². The number of pyridine rings is 1. The Morgan fingerprint density at radius 1 is 1.21 bits per heavy atom. The minimum Gasteiger partial charge on any atom is -0.383 e. The van der Waals surface area contributed by atoms with Gasteiger partial charge in [-0.3, -0.25) is 19.1 Å². The summed E-state index contributed by atoms with van der Waals surface area (Å²) >= 11 is 5.88. The van der Waals surface area contributed by atoms with Crippen molar-refractivity contribution in [2.45, 2.75) is 38.8 Å². The Balaban J connectivity index is 1.56. The van der Waals surface area contributed by atoms with E-state index in [0.717, 1.165) is 31.5 Å². The van der Waals surface area contributed by atoms with Crippen LogP contribution in [0.15, 0.2) is 36.4 Å². The molecule has 1 aliphatic rings. The number of primary amides is 1. The van der Waals surface area contributed by atoms with E-state index >= 15 is 0 Å². The van der Waals surface area contributed by atoms with Crippen molar-refractivity contribution >= 4 is 51.7 Å². The third-order valence-corrected chi connectivity index (χ3v) is 5.67. The van der Waals surface area contributed by atoms with Gasteiger partial charge in [-0.15, -0.1) is 0 Å². The molecule has 1 aliphatic carbocycles. The summed E-state index contributed by atoms with van der Waals surface area (Å²) in [5.74, 6) is -1.00. The molecule has 3 amide bonds. The Morgan fingerprint density at radius 2 is 1.97 bits per heavy atom. The number of fused-ring (bicyclic) bond motifs is 1. The van der Waals surface area contributed by atoms with Crippen LogP contribution in [0.2, 0.25) is 5.15 Å². The van der Waals surface area contributed by atoms with Gasteiger partial charge >= 0.3 is 0 Å². The first-order valence-electron chi connectivity index (χ1n) is 11.1. The van der Waals surface area contributed by atoms with Crippen molar-refractivity contribution in [3.05, 3.63) is 47.2 Å².